The van der Waals surface area contributed by atoms with E-state index < -0.39 is 29.9 Å². The molecule has 0 unspecified atom stereocenters. The number of para-hydroxylation sites is 1. The van der Waals surface area contributed by atoms with Gasteiger partial charge in [0.05, 0.1) is 36.7 Å². The smallest absolute Gasteiger partial charge is 0.343 e. The number of rotatable bonds is 9. The number of benzene rings is 4. The van der Waals surface area contributed by atoms with Gasteiger partial charge in [-0.15, -0.1) is 0 Å². The molecule has 3 atom stereocenters. The molecule has 43 heavy (non-hydrogen) atoms. The third-order valence-corrected chi connectivity index (χ3v) is 7.44. The molecule has 0 aromatic heterocycles. The van der Waals surface area contributed by atoms with Crippen LogP contribution < -0.4 is 24.2 Å². The first kappa shape index (κ1) is 28.0. The van der Waals surface area contributed by atoms with Gasteiger partial charge in [0.2, 0.25) is 5.91 Å². The zero-order chi connectivity index (χ0) is 29.9. The Morgan fingerprint density at radius 3 is 2.19 bits per heavy atom. The third-order valence-electron chi connectivity index (χ3n) is 7.44. The molecule has 0 spiro atoms. The standard InChI is InChI=1S/C34H30N2O7/c1-3-20-41-26-17-15-24(16-18-26)35-32(37)29-30(36(43-31(29)33(35)38)25-12-8-5-9-13-25)23-14-19-27(28(21-23)40-2)42-34(39)22-10-6-4-7-11-22/h4-19,21,29-31H,3,20H2,1-2H3/t29-,30-,31+/m0/s1. The lowest BCUT2D eigenvalue weighted by atomic mass is 9.90. The molecule has 0 radical (unpaired) electrons. The largest absolute Gasteiger partial charge is 0.494 e. The molecule has 4 aromatic carbocycles. The fourth-order valence-electron chi connectivity index (χ4n) is 5.40. The van der Waals surface area contributed by atoms with Crippen molar-refractivity contribution in [1.29, 1.82) is 0 Å². The summed E-state index contributed by atoms with van der Waals surface area (Å²) in [6.07, 6.45) is -0.165. The van der Waals surface area contributed by atoms with Gasteiger partial charge in [0, 0.05) is 0 Å². The van der Waals surface area contributed by atoms with Crippen molar-refractivity contribution >= 4 is 29.2 Å². The molecule has 2 fully saturated rings. The van der Waals surface area contributed by atoms with Gasteiger partial charge in [-0.1, -0.05) is 49.4 Å². The van der Waals surface area contributed by atoms with Crippen LogP contribution in [0.1, 0.15) is 35.3 Å². The van der Waals surface area contributed by atoms with Crippen LogP contribution in [0.15, 0.2) is 103 Å². The molecule has 2 aliphatic rings. The van der Waals surface area contributed by atoms with Crippen LogP contribution >= 0.6 is 0 Å². The van der Waals surface area contributed by atoms with Crippen LogP contribution in [0.4, 0.5) is 11.4 Å². The lowest BCUT2D eigenvalue weighted by Crippen LogP contribution is -2.37. The molecule has 2 amide bonds. The number of esters is 1. The lowest BCUT2D eigenvalue weighted by molar-refractivity contribution is -0.126. The van der Waals surface area contributed by atoms with E-state index >= 15 is 0 Å². The van der Waals surface area contributed by atoms with Gasteiger partial charge in [-0.25, -0.2) is 14.8 Å². The topological polar surface area (TPSA) is 94.6 Å². The molecule has 0 bridgehead atoms. The van der Waals surface area contributed by atoms with Crippen LogP contribution in [0.25, 0.3) is 0 Å². The highest BCUT2D eigenvalue weighted by Crippen LogP contribution is 2.48. The first-order chi connectivity index (χ1) is 21.0. The molecule has 0 aliphatic carbocycles. The summed E-state index contributed by atoms with van der Waals surface area (Å²) in [5.41, 5.74) is 2.18. The fraction of sp³-hybridized carbons (Fsp3) is 0.206. The number of hydrogen-bond donors (Lipinski definition) is 0. The number of methoxy groups -OCH3 is 1. The third kappa shape index (κ3) is 5.30. The Kier molecular flexibility index (Phi) is 7.81. The van der Waals surface area contributed by atoms with Crippen molar-refractivity contribution in [3.05, 3.63) is 114 Å². The first-order valence-corrected chi connectivity index (χ1v) is 14.1. The Hall–Kier alpha value is -5.15. The average molecular weight is 579 g/mol. The highest BCUT2D eigenvalue weighted by Gasteiger charge is 2.60. The van der Waals surface area contributed by atoms with Crippen molar-refractivity contribution in [2.24, 2.45) is 5.92 Å². The minimum absolute atomic E-state index is 0.225. The zero-order valence-corrected chi connectivity index (χ0v) is 23.7. The van der Waals surface area contributed by atoms with Gasteiger partial charge in [-0.05, 0) is 72.6 Å². The Labute approximate surface area is 249 Å². The van der Waals surface area contributed by atoms with Gasteiger partial charge in [-0.2, -0.15) is 0 Å². The van der Waals surface area contributed by atoms with Gasteiger partial charge >= 0.3 is 5.97 Å². The minimum atomic E-state index is -1.03. The second kappa shape index (κ2) is 12.0. The number of ether oxygens (including phenoxy) is 3. The number of amides is 2. The van der Waals surface area contributed by atoms with Crippen molar-refractivity contribution < 1.29 is 33.4 Å². The van der Waals surface area contributed by atoms with E-state index in [4.69, 9.17) is 19.0 Å². The van der Waals surface area contributed by atoms with E-state index in [-0.39, 0.29) is 11.7 Å². The van der Waals surface area contributed by atoms with Crippen LogP contribution in [-0.4, -0.2) is 37.6 Å². The second-order valence-corrected chi connectivity index (χ2v) is 10.2. The number of carbonyl (C=O) groups excluding carboxylic acids is 3. The summed E-state index contributed by atoms with van der Waals surface area (Å²) in [7, 11) is 1.47. The summed E-state index contributed by atoms with van der Waals surface area (Å²) in [6.45, 7) is 2.59. The Bertz CT molecular complexity index is 1630. The monoisotopic (exact) mass is 578 g/mol. The van der Waals surface area contributed by atoms with E-state index in [1.165, 1.54) is 12.0 Å². The number of anilines is 2. The second-order valence-electron chi connectivity index (χ2n) is 10.2. The van der Waals surface area contributed by atoms with E-state index in [0.717, 1.165) is 6.42 Å². The first-order valence-electron chi connectivity index (χ1n) is 14.1. The number of hydroxylamine groups is 1. The molecule has 0 N–H and O–H groups in total. The number of nitrogens with zero attached hydrogens (tertiary/aromatic N) is 2. The Morgan fingerprint density at radius 2 is 1.51 bits per heavy atom. The molecule has 4 aromatic rings. The number of carbonyl (C=O) groups is 3. The molecular weight excluding hydrogens is 548 g/mol. The summed E-state index contributed by atoms with van der Waals surface area (Å²) in [5, 5.41) is 1.61. The highest BCUT2D eigenvalue weighted by molar-refractivity contribution is 6.24. The number of hydrogen-bond acceptors (Lipinski definition) is 8. The molecule has 6 rings (SSSR count). The molecule has 2 heterocycles. The molecule has 2 saturated heterocycles. The van der Waals surface area contributed by atoms with E-state index in [2.05, 4.69) is 0 Å². The number of imide groups is 1. The quantitative estimate of drug-likeness (QED) is 0.141. The fourth-order valence-corrected chi connectivity index (χ4v) is 5.40. The summed E-state index contributed by atoms with van der Waals surface area (Å²) < 4.78 is 16.9. The van der Waals surface area contributed by atoms with E-state index in [0.29, 0.717) is 40.6 Å². The Morgan fingerprint density at radius 1 is 0.814 bits per heavy atom. The van der Waals surface area contributed by atoms with Crippen molar-refractivity contribution in [3.8, 4) is 17.2 Å². The summed E-state index contributed by atoms with van der Waals surface area (Å²) in [6, 6.07) is 29.2. The van der Waals surface area contributed by atoms with Crippen molar-refractivity contribution in [3.63, 3.8) is 0 Å². The van der Waals surface area contributed by atoms with Crippen LogP contribution in [0.3, 0.4) is 0 Å². The number of fused-ring (bicyclic) bond motifs is 1. The SMILES string of the molecule is CCCOc1ccc(N2C(=O)[C@@H]3[C@@H](ON(c4ccccc4)[C@H]3c3ccc(OC(=O)c4ccccc4)c(OC)c3)C2=O)cc1. The van der Waals surface area contributed by atoms with Gasteiger partial charge in [0.15, 0.2) is 17.6 Å². The summed E-state index contributed by atoms with van der Waals surface area (Å²) in [5.74, 6) is -1.00. The Balaban J connectivity index is 1.34. The molecule has 2 aliphatic heterocycles. The predicted molar refractivity (Wildman–Crippen MR) is 159 cm³/mol. The maximum atomic E-state index is 14.0. The van der Waals surface area contributed by atoms with Crippen molar-refractivity contribution in [1.82, 2.24) is 0 Å². The summed E-state index contributed by atoms with van der Waals surface area (Å²) in [4.78, 5) is 47.8. The normalized spacial score (nSPS) is 19.3. The van der Waals surface area contributed by atoms with E-state index in [9.17, 15) is 14.4 Å². The lowest BCUT2D eigenvalue weighted by Gasteiger charge is -2.29. The van der Waals surface area contributed by atoms with Gasteiger partial charge < -0.3 is 14.2 Å². The van der Waals surface area contributed by atoms with Crippen molar-refractivity contribution in [2.45, 2.75) is 25.5 Å². The van der Waals surface area contributed by atoms with E-state index in [1.54, 1.807) is 71.8 Å². The molecule has 9 nitrogen and oxygen atoms in total. The van der Waals surface area contributed by atoms with Gasteiger partial charge in [-0.3, -0.25) is 14.4 Å². The maximum absolute atomic E-state index is 14.0. The average Bonchev–Trinajstić information content (AvgIpc) is 3.56. The maximum Gasteiger partial charge on any atom is 0.343 e. The van der Waals surface area contributed by atoms with Gasteiger partial charge in [0.25, 0.3) is 5.91 Å². The molecule has 218 valence electrons. The molecule has 9 heteroatoms. The van der Waals surface area contributed by atoms with E-state index in [1.807, 2.05) is 43.3 Å². The minimum Gasteiger partial charge on any atom is -0.494 e. The molecular formula is C34H30N2O7. The summed E-state index contributed by atoms with van der Waals surface area (Å²) >= 11 is 0. The van der Waals surface area contributed by atoms with Gasteiger partial charge in [0.1, 0.15) is 11.7 Å². The van der Waals surface area contributed by atoms with Crippen LogP contribution in [0, 0.1) is 5.92 Å². The van der Waals surface area contributed by atoms with Crippen LogP contribution in [0.2, 0.25) is 0 Å². The van der Waals surface area contributed by atoms with Crippen LogP contribution in [-0.2, 0) is 14.4 Å². The highest BCUT2D eigenvalue weighted by atomic mass is 16.7. The molecule has 0 saturated carbocycles. The zero-order valence-electron chi connectivity index (χ0n) is 23.7. The van der Waals surface area contributed by atoms with Crippen LogP contribution in [0.5, 0.6) is 17.2 Å². The van der Waals surface area contributed by atoms with Crippen molar-refractivity contribution in [2.75, 3.05) is 23.7 Å². The predicted octanol–water partition coefficient (Wildman–Crippen LogP) is 5.75.